The summed E-state index contributed by atoms with van der Waals surface area (Å²) in [4.78, 5) is 5.29. The van der Waals surface area contributed by atoms with Gasteiger partial charge in [-0.1, -0.05) is 17.7 Å². The number of halogens is 1. The van der Waals surface area contributed by atoms with E-state index in [0.29, 0.717) is 16.9 Å². The molecule has 1 aromatic heterocycles. The summed E-state index contributed by atoms with van der Waals surface area (Å²) in [5.41, 5.74) is 2.05. The second-order valence-corrected chi connectivity index (χ2v) is 6.06. The normalized spacial score (nSPS) is 11.0. The number of benzene rings is 1. The summed E-state index contributed by atoms with van der Waals surface area (Å²) < 4.78 is 10.6. The maximum absolute atomic E-state index is 6.32. The van der Waals surface area contributed by atoms with Crippen molar-refractivity contribution in [1.29, 1.82) is 0 Å². The molecule has 1 heterocycles. The van der Waals surface area contributed by atoms with E-state index in [4.69, 9.17) is 20.8 Å². The molecule has 0 fully saturated rings. The fourth-order valence-corrected chi connectivity index (χ4v) is 2.87. The first-order valence-electron chi connectivity index (χ1n) is 6.70. The van der Waals surface area contributed by atoms with Crippen LogP contribution in [0.25, 0.3) is 0 Å². The molecule has 0 radical (unpaired) electrons. The van der Waals surface area contributed by atoms with Gasteiger partial charge in [-0.15, -0.1) is 0 Å². The topological polar surface area (TPSA) is 47.3 Å². The number of hydrogen-bond donors (Lipinski definition) is 1. The first-order chi connectivity index (χ1) is 10.1. The van der Waals surface area contributed by atoms with E-state index in [2.05, 4.69) is 16.4 Å². The Balaban J connectivity index is 1.98. The largest absolute Gasteiger partial charge is 0.436 e. The molecular weight excluding hydrogens is 308 g/mol. The molecule has 0 aliphatic rings. The van der Waals surface area contributed by atoms with Crippen LogP contribution in [0.3, 0.4) is 0 Å². The molecule has 0 aliphatic carbocycles. The Labute approximate surface area is 134 Å². The lowest BCUT2D eigenvalue weighted by molar-refractivity contribution is 0.199. The predicted octanol–water partition coefficient (Wildman–Crippen LogP) is 3.83. The fourth-order valence-electron chi connectivity index (χ4n) is 1.73. The van der Waals surface area contributed by atoms with Crippen LogP contribution >= 0.6 is 23.4 Å². The molecule has 1 N–H and O–H groups in total. The van der Waals surface area contributed by atoms with Crippen LogP contribution in [0.5, 0.6) is 0 Å². The van der Waals surface area contributed by atoms with Gasteiger partial charge in [-0.2, -0.15) is 0 Å². The van der Waals surface area contributed by atoms with Gasteiger partial charge in [-0.25, -0.2) is 4.98 Å². The summed E-state index contributed by atoms with van der Waals surface area (Å²) in [6.45, 7) is 6.12. The molecule has 2 aromatic rings. The lowest BCUT2D eigenvalue weighted by Gasteiger charge is -2.07. The highest BCUT2D eigenvalue weighted by molar-refractivity contribution is 7.99. The quantitative estimate of drug-likeness (QED) is 0.783. The van der Waals surface area contributed by atoms with Crippen LogP contribution in [0, 0.1) is 13.8 Å². The number of aryl methyl sites for hydroxylation is 2. The zero-order chi connectivity index (χ0) is 15.2. The minimum Gasteiger partial charge on any atom is -0.436 e. The predicted molar refractivity (Wildman–Crippen MR) is 85.1 cm³/mol. The molecule has 0 saturated carbocycles. The molecule has 0 amide bonds. The summed E-state index contributed by atoms with van der Waals surface area (Å²) in [5, 5.41) is 4.62. The number of hydrogen-bond acceptors (Lipinski definition) is 5. The number of rotatable bonds is 7. The van der Waals surface area contributed by atoms with Crippen molar-refractivity contribution < 1.29 is 9.15 Å². The summed E-state index contributed by atoms with van der Waals surface area (Å²) in [5.74, 6) is 0.840. The third-order valence-electron chi connectivity index (χ3n) is 3.01. The first kappa shape index (κ1) is 16.4. The van der Waals surface area contributed by atoms with Crippen molar-refractivity contribution >= 4 is 23.4 Å². The summed E-state index contributed by atoms with van der Waals surface area (Å²) in [6.07, 6.45) is 0. The molecule has 0 aliphatic heterocycles. The zero-order valence-electron chi connectivity index (χ0n) is 12.4. The van der Waals surface area contributed by atoms with Gasteiger partial charge in [-0.3, -0.25) is 0 Å². The molecule has 0 atom stereocenters. The maximum Gasteiger partial charge on any atom is 0.261 e. The van der Waals surface area contributed by atoms with Gasteiger partial charge >= 0.3 is 0 Å². The summed E-state index contributed by atoms with van der Waals surface area (Å²) in [7, 11) is 1.69. The van der Waals surface area contributed by atoms with E-state index >= 15 is 0 Å². The van der Waals surface area contributed by atoms with Gasteiger partial charge < -0.3 is 14.5 Å². The number of nitrogens with one attached hydrogen (secondary N) is 1. The minimum atomic E-state index is 0.623. The maximum atomic E-state index is 6.32. The smallest absolute Gasteiger partial charge is 0.261 e. The van der Waals surface area contributed by atoms with Crippen LogP contribution in [-0.4, -0.2) is 25.2 Å². The van der Waals surface area contributed by atoms with E-state index in [1.165, 1.54) is 11.8 Å². The van der Waals surface area contributed by atoms with Crippen LogP contribution in [0.1, 0.15) is 17.0 Å². The number of oxazole rings is 1. The van der Waals surface area contributed by atoms with Crippen molar-refractivity contribution in [1.82, 2.24) is 10.3 Å². The fraction of sp³-hybridized carbons (Fsp3) is 0.400. The van der Waals surface area contributed by atoms with E-state index in [1.54, 1.807) is 7.11 Å². The van der Waals surface area contributed by atoms with Crippen molar-refractivity contribution in [3.05, 3.63) is 40.2 Å². The molecule has 2 rings (SSSR count). The molecule has 1 aromatic carbocycles. The number of ether oxygens (including phenoxy) is 1. The molecule has 0 spiro atoms. The van der Waals surface area contributed by atoms with E-state index in [9.17, 15) is 0 Å². The molecule has 114 valence electrons. The Morgan fingerprint density at radius 1 is 1.38 bits per heavy atom. The van der Waals surface area contributed by atoms with Gasteiger partial charge in [0.15, 0.2) is 0 Å². The number of aromatic nitrogens is 1. The molecule has 0 bridgehead atoms. The van der Waals surface area contributed by atoms with Crippen LogP contribution in [0.2, 0.25) is 5.02 Å². The SMILES string of the molecule is COCCNCc1ccc(Sc2nc(C)c(C)o2)c(Cl)c1. The van der Waals surface area contributed by atoms with E-state index in [1.807, 2.05) is 26.0 Å². The second-order valence-electron chi connectivity index (χ2n) is 4.66. The third kappa shape index (κ3) is 4.74. The van der Waals surface area contributed by atoms with Crippen LogP contribution in [0.4, 0.5) is 0 Å². The third-order valence-corrected chi connectivity index (χ3v) is 4.36. The number of nitrogens with zero attached hydrogens (tertiary/aromatic N) is 1. The van der Waals surface area contributed by atoms with Crippen molar-refractivity contribution in [2.24, 2.45) is 0 Å². The molecular formula is C15H19ClN2O2S. The Hall–Kier alpha value is -1.01. The average molecular weight is 327 g/mol. The first-order valence-corrected chi connectivity index (χ1v) is 7.89. The highest BCUT2D eigenvalue weighted by Gasteiger charge is 2.10. The molecule has 0 saturated heterocycles. The van der Waals surface area contributed by atoms with Gasteiger partial charge in [0.1, 0.15) is 5.76 Å². The Kier molecular flexibility index (Phi) is 6.11. The van der Waals surface area contributed by atoms with Gasteiger partial charge in [-0.05, 0) is 43.3 Å². The average Bonchev–Trinajstić information content (AvgIpc) is 2.76. The lowest BCUT2D eigenvalue weighted by atomic mass is 10.2. The lowest BCUT2D eigenvalue weighted by Crippen LogP contribution is -2.18. The van der Waals surface area contributed by atoms with Crippen LogP contribution in [0.15, 0.2) is 32.7 Å². The van der Waals surface area contributed by atoms with Crippen molar-refractivity contribution in [3.63, 3.8) is 0 Å². The van der Waals surface area contributed by atoms with Gasteiger partial charge in [0.2, 0.25) is 0 Å². The standard InChI is InChI=1S/C15H19ClN2O2S/c1-10-11(2)20-15(18-10)21-14-5-4-12(8-13(14)16)9-17-6-7-19-3/h4-5,8,17H,6-7,9H2,1-3H3. The summed E-state index contributed by atoms with van der Waals surface area (Å²) >= 11 is 7.76. The minimum absolute atomic E-state index is 0.623. The van der Waals surface area contributed by atoms with E-state index < -0.39 is 0 Å². The van der Waals surface area contributed by atoms with Crippen LogP contribution < -0.4 is 5.32 Å². The zero-order valence-corrected chi connectivity index (χ0v) is 14.0. The second kappa shape index (κ2) is 7.84. The number of methoxy groups -OCH3 is 1. The molecule has 21 heavy (non-hydrogen) atoms. The van der Waals surface area contributed by atoms with E-state index in [-0.39, 0.29) is 0 Å². The highest BCUT2D eigenvalue weighted by atomic mass is 35.5. The van der Waals surface area contributed by atoms with Crippen molar-refractivity contribution in [2.75, 3.05) is 20.3 Å². The van der Waals surface area contributed by atoms with Crippen molar-refractivity contribution in [3.8, 4) is 0 Å². The monoisotopic (exact) mass is 326 g/mol. The Bertz CT molecular complexity index is 582. The Morgan fingerprint density at radius 2 is 2.19 bits per heavy atom. The van der Waals surface area contributed by atoms with Crippen molar-refractivity contribution in [2.45, 2.75) is 30.5 Å². The summed E-state index contributed by atoms with van der Waals surface area (Å²) in [6, 6.07) is 6.01. The van der Waals surface area contributed by atoms with Gasteiger partial charge in [0, 0.05) is 25.1 Å². The molecule has 6 heteroatoms. The van der Waals surface area contributed by atoms with Gasteiger partial charge in [0.05, 0.1) is 17.3 Å². The molecule has 0 unspecified atom stereocenters. The van der Waals surface area contributed by atoms with Crippen LogP contribution in [-0.2, 0) is 11.3 Å². The molecule has 4 nitrogen and oxygen atoms in total. The van der Waals surface area contributed by atoms with Gasteiger partial charge in [0.25, 0.3) is 5.22 Å². The van der Waals surface area contributed by atoms with E-state index in [0.717, 1.165) is 35.0 Å². The highest BCUT2D eigenvalue weighted by Crippen LogP contribution is 2.34. The Morgan fingerprint density at radius 3 is 2.81 bits per heavy atom.